The van der Waals surface area contributed by atoms with E-state index < -0.39 is 6.10 Å². The van der Waals surface area contributed by atoms with E-state index in [1.807, 2.05) is 6.92 Å². The Hall–Kier alpha value is -0.200. The Balaban J connectivity index is 3.14. The summed E-state index contributed by atoms with van der Waals surface area (Å²) in [5.41, 5.74) is 0. The SMILES string of the molecule is CCOCCOCC(O)CNCCCN(C)C. The van der Waals surface area contributed by atoms with Gasteiger partial charge in [0.15, 0.2) is 0 Å². The minimum atomic E-state index is -0.434. The minimum Gasteiger partial charge on any atom is -0.389 e. The third-order valence-electron chi connectivity index (χ3n) is 2.23. The quantitative estimate of drug-likeness (QED) is 0.474. The predicted octanol–water partition coefficient (Wildman–Crippen LogP) is -0.0583. The van der Waals surface area contributed by atoms with Crippen LogP contribution in [0.15, 0.2) is 0 Å². The number of ether oxygens (including phenoxy) is 2. The van der Waals surface area contributed by atoms with Gasteiger partial charge in [0.1, 0.15) is 0 Å². The fourth-order valence-corrected chi connectivity index (χ4v) is 1.33. The highest BCUT2D eigenvalue weighted by Gasteiger charge is 2.03. The van der Waals surface area contributed by atoms with Crippen LogP contribution in [0.5, 0.6) is 0 Å². The van der Waals surface area contributed by atoms with Gasteiger partial charge in [-0.3, -0.25) is 0 Å². The Morgan fingerprint density at radius 1 is 1.24 bits per heavy atom. The highest BCUT2D eigenvalue weighted by atomic mass is 16.5. The highest BCUT2D eigenvalue weighted by molar-refractivity contribution is 4.59. The summed E-state index contributed by atoms with van der Waals surface area (Å²) in [7, 11) is 4.11. The molecule has 0 amide bonds. The largest absolute Gasteiger partial charge is 0.389 e. The van der Waals surface area contributed by atoms with Gasteiger partial charge in [-0.05, 0) is 40.5 Å². The summed E-state index contributed by atoms with van der Waals surface area (Å²) in [4.78, 5) is 2.15. The van der Waals surface area contributed by atoms with E-state index in [1.165, 1.54) is 0 Å². The van der Waals surface area contributed by atoms with Gasteiger partial charge in [-0.1, -0.05) is 0 Å². The first-order valence-corrected chi connectivity index (χ1v) is 6.35. The van der Waals surface area contributed by atoms with E-state index in [-0.39, 0.29) is 0 Å². The third-order valence-corrected chi connectivity index (χ3v) is 2.23. The fraction of sp³-hybridized carbons (Fsp3) is 1.00. The fourth-order valence-electron chi connectivity index (χ4n) is 1.33. The van der Waals surface area contributed by atoms with Crippen molar-refractivity contribution in [1.29, 1.82) is 0 Å². The first-order valence-electron chi connectivity index (χ1n) is 6.35. The van der Waals surface area contributed by atoms with Crippen molar-refractivity contribution in [2.45, 2.75) is 19.4 Å². The maximum absolute atomic E-state index is 9.58. The maximum atomic E-state index is 9.58. The minimum absolute atomic E-state index is 0.369. The molecule has 0 aromatic rings. The Bertz CT molecular complexity index is 157. The van der Waals surface area contributed by atoms with E-state index in [0.29, 0.717) is 33.0 Å². The molecule has 0 bridgehead atoms. The molecular formula is C12H28N2O3. The molecule has 0 aliphatic carbocycles. The van der Waals surface area contributed by atoms with Crippen LogP contribution in [0, 0.1) is 0 Å². The van der Waals surface area contributed by atoms with Crippen LogP contribution in [0.4, 0.5) is 0 Å². The van der Waals surface area contributed by atoms with Gasteiger partial charge in [0, 0.05) is 13.2 Å². The van der Waals surface area contributed by atoms with Gasteiger partial charge < -0.3 is 24.8 Å². The molecule has 0 fully saturated rings. The Morgan fingerprint density at radius 3 is 2.59 bits per heavy atom. The summed E-state index contributed by atoms with van der Waals surface area (Å²) >= 11 is 0. The number of rotatable bonds is 12. The molecule has 17 heavy (non-hydrogen) atoms. The number of nitrogens with zero attached hydrogens (tertiary/aromatic N) is 1. The van der Waals surface area contributed by atoms with Crippen LogP contribution in [-0.2, 0) is 9.47 Å². The molecule has 0 radical (unpaired) electrons. The first-order chi connectivity index (χ1) is 8.16. The topological polar surface area (TPSA) is 54.0 Å². The Morgan fingerprint density at radius 2 is 1.94 bits per heavy atom. The smallest absolute Gasteiger partial charge is 0.0897 e. The maximum Gasteiger partial charge on any atom is 0.0897 e. The zero-order valence-corrected chi connectivity index (χ0v) is 11.4. The van der Waals surface area contributed by atoms with Crippen LogP contribution in [-0.4, -0.2) is 76.3 Å². The highest BCUT2D eigenvalue weighted by Crippen LogP contribution is 1.86. The van der Waals surface area contributed by atoms with Crippen LogP contribution in [0.3, 0.4) is 0 Å². The molecule has 1 unspecified atom stereocenters. The van der Waals surface area contributed by atoms with Crippen LogP contribution < -0.4 is 5.32 Å². The Kier molecular flexibility index (Phi) is 12.1. The summed E-state index contributed by atoms with van der Waals surface area (Å²) in [5.74, 6) is 0. The van der Waals surface area contributed by atoms with Crippen molar-refractivity contribution in [1.82, 2.24) is 10.2 Å². The second-order valence-electron chi connectivity index (χ2n) is 4.29. The molecule has 0 spiro atoms. The van der Waals surface area contributed by atoms with Gasteiger partial charge in [-0.15, -0.1) is 0 Å². The number of hydrogen-bond acceptors (Lipinski definition) is 5. The number of nitrogens with one attached hydrogen (secondary N) is 1. The second kappa shape index (κ2) is 12.3. The van der Waals surface area contributed by atoms with Gasteiger partial charge >= 0.3 is 0 Å². The lowest BCUT2D eigenvalue weighted by molar-refractivity contribution is 0.00653. The van der Waals surface area contributed by atoms with E-state index in [0.717, 1.165) is 19.5 Å². The van der Waals surface area contributed by atoms with Crippen LogP contribution in [0.25, 0.3) is 0 Å². The number of aliphatic hydroxyl groups is 1. The molecule has 2 N–H and O–H groups in total. The molecule has 0 aromatic carbocycles. The van der Waals surface area contributed by atoms with Crippen molar-refractivity contribution < 1.29 is 14.6 Å². The molecule has 0 aliphatic heterocycles. The van der Waals surface area contributed by atoms with Crippen LogP contribution in [0.2, 0.25) is 0 Å². The van der Waals surface area contributed by atoms with Crippen LogP contribution in [0.1, 0.15) is 13.3 Å². The molecule has 5 nitrogen and oxygen atoms in total. The van der Waals surface area contributed by atoms with E-state index in [1.54, 1.807) is 0 Å². The van der Waals surface area contributed by atoms with Crippen molar-refractivity contribution in [3.63, 3.8) is 0 Å². The standard InChI is InChI=1S/C12H28N2O3/c1-4-16-8-9-17-11-12(15)10-13-6-5-7-14(2)3/h12-13,15H,4-11H2,1-3H3. The summed E-state index contributed by atoms with van der Waals surface area (Å²) < 4.78 is 10.4. The monoisotopic (exact) mass is 248 g/mol. The summed E-state index contributed by atoms with van der Waals surface area (Å²) in [5, 5.41) is 12.8. The zero-order valence-electron chi connectivity index (χ0n) is 11.4. The molecule has 0 saturated heterocycles. The van der Waals surface area contributed by atoms with Crippen molar-refractivity contribution in [2.24, 2.45) is 0 Å². The summed E-state index contributed by atoms with van der Waals surface area (Å²) in [6.07, 6.45) is 0.654. The molecular weight excluding hydrogens is 220 g/mol. The average molecular weight is 248 g/mol. The molecule has 1 atom stereocenters. The van der Waals surface area contributed by atoms with Crippen LogP contribution >= 0.6 is 0 Å². The second-order valence-corrected chi connectivity index (χ2v) is 4.29. The summed E-state index contributed by atoms with van der Waals surface area (Å²) in [6, 6.07) is 0. The first kappa shape index (κ1) is 16.8. The van der Waals surface area contributed by atoms with E-state index >= 15 is 0 Å². The van der Waals surface area contributed by atoms with Crippen molar-refractivity contribution in [2.75, 3.05) is 60.2 Å². The summed E-state index contributed by atoms with van der Waals surface area (Å²) in [6.45, 7) is 6.74. The van der Waals surface area contributed by atoms with E-state index in [2.05, 4.69) is 24.3 Å². The third kappa shape index (κ3) is 13.7. The van der Waals surface area contributed by atoms with Crippen molar-refractivity contribution in [3.05, 3.63) is 0 Å². The molecule has 0 heterocycles. The van der Waals surface area contributed by atoms with E-state index in [4.69, 9.17) is 9.47 Å². The molecule has 0 aliphatic rings. The normalized spacial score (nSPS) is 13.2. The molecule has 104 valence electrons. The molecule has 5 heteroatoms. The number of aliphatic hydroxyl groups excluding tert-OH is 1. The van der Waals surface area contributed by atoms with E-state index in [9.17, 15) is 5.11 Å². The predicted molar refractivity (Wildman–Crippen MR) is 69.4 cm³/mol. The Labute approximate surface area is 105 Å². The van der Waals surface area contributed by atoms with Gasteiger partial charge in [0.05, 0.1) is 25.9 Å². The average Bonchev–Trinajstić information content (AvgIpc) is 2.28. The van der Waals surface area contributed by atoms with Crippen molar-refractivity contribution >= 4 is 0 Å². The van der Waals surface area contributed by atoms with Gasteiger partial charge in [-0.2, -0.15) is 0 Å². The van der Waals surface area contributed by atoms with Gasteiger partial charge in [-0.25, -0.2) is 0 Å². The number of hydrogen-bond donors (Lipinski definition) is 2. The lowest BCUT2D eigenvalue weighted by atomic mass is 10.3. The zero-order chi connectivity index (χ0) is 12.9. The molecule has 0 rings (SSSR count). The van der Waals surface area contributed by atoms with Gasteiger partial charge in [0.2, 0.25) is 0 Å². The molecule has 0 aromatic heterocycles. The van der Waals surface area contributed by atoms with Gasteiger partial charge in [0.25, 0.3) is 0 Å². The lowest BCUT2D eigenvalue weighted by Gasteiger charge is -2.13. The van der Waals surface area contributed by atoms with Crippen molar-refractivity contribution in [3.8, 4) is 0 Å². The molecule has 0 saturated carbocycles. The lowest BCUT2D eigenvalue weighted by Crippen LogP contribution is -2.32.